The highest BCUT2D eigenvalue weighted by molar-refractivity contribution is 7.89. The van der Waals surface area contributed by atoms with E-state index in [1.54, 1.807) is 18.2 Å². The van der Waals surface area contributed by atoms with Crippen LogP contribution < -0.4 is 10.1 Å². The van der Waals surface area contributed by atoms with Crippen LogP contribution in [0.5, 0.6) is 5.75 Å². The standard InChI is InChI=1S/C15H22N2O3S/c1-6-9-17(4)21(18,19)15-8-7-13(10-14(15)20-5)11-16-12(2)3/h1,7-8,10,12,16H,9,11H2,2-5H3. The Labute approximate surface area is 127 Å². The van der Waals surface area contributed by atoms with Gasteiger partial charge in [-0.3, -0.25) is 0 Å². The van der Waals surface area contributed by atoms with Gasteiger partial charge in [-0.25, -0.2) is 8.42 Å². The molecule has 5 nitrogen and oxygen atoms in total. The summed E-state index contributed by atoms with van der Waals surface area (Å²) in [7, 11) is -0.746. The fraction of sp³-hybridized carbons (Fsp3) is 0.467. The first-order valence-electron chi connectivity index (χ1n) is 6.63. The number of nitrogens with one attached hydrogen (secondary N) is 1. The summed E-state index contributed by atoms with van der Waals surface area (Å²) >= 11 is 0. The van der Waals surface area contributed by atoms with Crippen molar-refractivity contribution in [1.29, 1.82) is 0 Å². The molecule has 1 aromatic rings. The highest BCUT2D eigenvalue weighted by Gasteiger charge is 2.24. The summed E-state index contributed by atoms with van der Waals surface area (Å²) in [5, 5.41) is 3.27. The Bertz CT molecular complexity index is 618. The third-order valence-corrected chi connectivity index (χ3v) is 4.79. The predicted octanol–water partition coefficient (Wildman–Crippen LogP) is 1.45. The lowest BCUT2D eigenvalue weighted by atomic mass is 10.2. The van der Waals surface area contributed by atoms with E-state index in [1.807, 2.05) is 13.8 Å². The van der Waals surface area contributed by atoms with Gasteiger partial charge in [-0.05, 0) is 17.7 Å². The molecule has 0 amide bonds. The van der Waals surface area contributed by atoms with Crippen LogP contribution in [0.3, 0.4) is 0 Å². The highest BCUT2D eigenvalue weighted by atomic mass is 32.2. The molecule has 0 aromatic heterocycles. The van der Waals surface area contributed by atoms with Crippen molar-refractivity contribution in [3.63, 3.8) is 0 Å². The van der Waals surface area contributed by atoms with E-state index in [-0.39, 0.29) is 11.4 Å². The molecule has 1 N–H and O–H groups in total. The Morgan fingerprint density at radius 3 is 2.62 bits per heavy atom. The molecule has 1 aromatic carbocycles. The normalized spacial score (nSPS) is 11.7. The number of methoxy groups -OCH3 is 1. The lowest BCUT2D eigenvalue weighted by Gasteiger charge is -2.17. The van der Waals surface area contributed by atoms with Gasteiger partial charge in [-0.15, -0.1) is 6.42 Å². The molecule has 0 bridgehead atoms. The first kappa shape index (κ1) is 17.5. The molecule has 0 aliphatic rings. The predicted molar refractivity (Wildman–Crippen MR) is 83.6 cm³/mol. The van der Waals surface area contributed by atoms with Crippen LogP contribution in [0.4, 0.5) is 0 Å². The number of terminal acetylenes is 1. The van der Waals surface area contributed by atoms with Crippen molar-refractivity contribution in [2.75, 3.05) is 20.7 Å². The fourth-order valence-corrected chi connectivity index (χ4v) is 2.96. The average Bonchev–Trinajstić information content (AvgIpc) is 2.44. The van der Waals surface area contributed by atoms with E-state index in [9.17, 15) is 8.42 Å². The zero-order valence-corrected chi connectivity index (χ0v) is 13.7. The molecule has 6 heteroatoms. The van der Waals surface area contributed by atoms with Crippen molar-refractivity contribution in [3.8, 4) is 18.1 Å². The number of nitrogens with zero attached hydrogens (tertiary/aromatic N) is 1. The van der Waals surface area contributed by atoms with Gasteiger partial charge in [-0.1, -0.05) is 25.8 Å². The van der Waals surface area contributed by atoms with Crippen molar-refractivity contribution in [2.45, 2.75) is 31.3 Å². The first-order chi connectivity index (χ1) is 9.82. The molecule has 0 spiro atoms. The molecule has 0 saturated heterocycles. The highest BCUT2D eigenvalue weighted by Crippen LogP contribution is 2.27. The molecule has 0 radical (unpaired) electrons. The van der Waals surface area contributed by atoms with Gasteiger partial charge >= 0.3 is 0 Å². The Morgan fingerprint density at radius 1 is 1.43 bits per heavy atom. The summed E-state index contributed by atoms with van der Waals surface area (Å²) in [4.78, 5) is 0.121. The molecule has 0 aliphatic carbocycles. The Morgan fingerprint density at radius 2 is 2.10 bits per heavy atom. The van der Waals surface area contributed by atoms with Gasteiger partial charge in [0.05, 0.1) is 13.7 Å². The Kier molecular flexibility index (Phi) is 6.21. The van der Waals surface area contributed by atoms with Crippen LogP contribution in [0.1, 0.15) is 19.4 Å². The second-order valence-corrected chi connectivity index (χ2v) is 7.00. The molecule has 0 aliphatic heterocycles. The monoisotopic (exact) mass is 310 g/mol. The maximum Gasteiger partial charge on any atom is 0.247 e. The van der Waals surface area contributed by atoms with E-state index >= 15 is 0 Å². The van der Waals surface area contributed by atoms with E-state index in [4.69, 9.17) is 11.2 Å². The van der Waals surface area contributed by atoms with Gasteiger partial charge in [0, 0.05) is 19.6 Å². The summed E-state index contributed by atoms with van der Waals surface area (Å²) in [6.07, 6.45) is 5.17. The average molecular weight is 310 g/mol. The summed E-state index contributed by atoms with van der Waals surface area (Å²) in [5.41, 5.74) is 0.958. The van der Waals surface area contributed by atoms with Crippen LogP contribution in [-0.4, -0.2) is 39.5 Å². The smallest absolute Gasteiger partial charge is 0.247 e. The van der Waals surface area contributed by atoms with E-state index in [2.05, 4.69) is 11.2 Å². The molecular weight excluding hydrogens is 288 g/mol. The van der Waals surface area contributed by atoms with Crippen LogP contribution >= 0.6 is 0 Å². The molecule has 0 atom stereocenters. The SMILES string of the molecule is C#CCN(C)S(=O)(=O)c1ccc(CNC(C)C)cc1OC. The second-order valence-electron chi connectivity index (χ2n) is 4.99. The van der Waals surface area contributed by atoms with Crippen LogP contribution in [-0.2, 0) is 16.6 Å². The summed E-state index contributed by atoms with van der Waals surface area (Å²) in [6, 6.07) is 5.40. The molecule has 0 fully saturated rings. The Balaban J connectivity index is 3.12. The van der Waals surface area contributed by atoms with Crippen molar-refractivity contribution in [1.82, 2.24) is 9.62 Å². The minimum absolute atomic E-state index is 0.0160. The first-order valence-corrected chi connectivity index (χ1v) is 8.07. The van der Waals surface area contributed by atoms with Crippen LogP contribution in [0, 0.1) is 12.3 Å². The minimum atomic E-state index is -3.65. The zero-order chi connectivity index (χ0) is 16.0. The van der Waals surface area contributed by atoms with Crippen LogP contribution in [0.25, 0.3) is 0 Å². The molecule has 0 unspecified atom stereocenters. The van der Waals surface area contributed by atoms with E-state index in [1.165, 1.54) is 14.2 Å². The van der Waals surface area contributed by atoms with E-state index in [0.717, 1.165) is 9.87 Å². The quantitative estimate of drug-likeness (QED) is 0.774. The van der Waals surface area contributed by atoms with Gasteiger partial charge in [0.15, 0.2) is 0 Å². The van der Waals surface area contributed by atoms with Crippen molar-refractivity contribution in [3.05, 3.63) is 23.8 Å². The number of sulfonamides is 1. The topological polar surface area (TPSA) is 58.6 Å². The molecule has 0 saturated carbocycles. The number of hydrogen-bond donors (Lipinski definition) is 1. The maximum absolute atomic E-state index is 12.4. The molecular formula is C15H22N2O3S. The zero-order valence-electron chi connectivity index (χ0n) is 12.9. The molecule has 116 valence electrons. The van der Waals surface area contributed by atoms with Gasteiger partial charge in [0.1, 0.15) is 10.6 Å². The van der Waals surface area contributed by atoms with Gasteiger partial charge in [0.2, 0.25) is 10.0 Å². The molecule has 0 heterocycles. The van der Waals surface area contributed by atoms with Gasteiger partial charge < -0.3 is 10.1 Å². The number of rotatable bonds is 7. The number of hydrogen-bond acceptors (Lipinski definition) is 4. The Hall–Kier alpha value is -1.55. The van der Waals surface area contributed by atoms with Crippen LogP contribution in [0.15, 0.2) is 23.1 Å². The number of ether oxygens (including phenoxy) is 1. The second kappa shape index (κ2) is 7.46. The summed E-state index contributed by atoms with van der Waals surface area (Å²) < 4.78 is 31.2. The summed E-state index contributed by atoms with van der Waals surface area (Å²) in [5.74, 6) is 2.64. The van der Waals surface area contributed by atoms with E-state index < -0.39 is 10.0 Å². The largest absolute Gasteiger partial charge is 0.495 e. The lowest BCUT2D eigenvalue weighted by molar-refractivity contribution is 0.398. The van der Waals surface area contributed by atoms with E-state index in [0.29, 0.717) is 18.3 Å². The minimum Gasteiger partial charge on any atom is -0.495 e. The third-order valence-electron chi connectivity index (χ3n) is 2.94. The fourth-order valence-electron chi connectivity index (χ4n) is 1.74. The lowest BCUT2D eigenvalue weighted by Crippen LogP contribution is -2.27. The van der Waals surface area contributed by atoms with Gasteiger partial charge in [-0.2, -0.15) is 4.31 Å². The maximum atomic E-state index is 12.4. The number of benzene rings is 1. The van der Waals surface area contributed by atoms with Gasteiger partial charge in [0.25, 0.3) is 0 Å². The molecule has 21 heavy (non-hydrogen) atoms. The third kappa shape index (κ3) is 4.46. The van der Waals surface area contributed by atoms with Crippen molar-refractivity contribution in [2.24, 2.45) is 0 Å². The summed E-state index contributed by atoms with van der Waals surface area (Å²) in [6.45, 7) is 4.76. The molecule has 1 rings (SSSR count). The van der Waals surface area contributed by atoms with Crippen molar-refractivity contribution < 1.29 is 13.2 Å². The van der Waals surface area contributed by atoms with Crippen LogP contribution in [0.2, 0.25) is 0 Å². The van der Waals surface area contributed by atoms with Crippen molar-refractivity contribution >= 4 is 10.0 Å².